The number of hydrogen-bond acceptors (Lipinski definition) is 11. The number of aromatic hydroxyl groups is 1. The van der Waals surface area contributed by atoms with Gasteiger partial charge in [-0.25, -0.2) is 4.79 Å². The van der Waals surface area contributed by atoms with Crippen LogP contribution in [0.1, 0.15) is 83.5 Å². The van der Waals surface area contributed by atoms with Crippen LogP contribution in [0.25, 0.3) is 11.0 Å². The highest BCUT2D eigenvalue weighted by molar-refractivity contribution is 5.88. The first-order valence-electron chi connectivity index (χ1n) is 17.0. The number of allylic oxidation sites excluding steroid dienone is 2. The van der Waals surface area contributed by atoms with Crippen LogP contribution in [-0.4, -0.2) is 46.6 Å². The largest absolute Gasteiger partial charge is 0.507 e. The molecule has 1 aromatic heterocycles. The number of fused-ring (bicyclic) bond motifs is 4. The first kappa shape index (κ1) is 32.2. The number of dihydropyridines is 2. The van der Waals surface area contributed by atoms with E-state index in [1.807, 2.05) is 26.0 Å². The van der Waals surface area contributed by atoms with Crippen LogP contribution in [0.15, 0.2) is 68.4 Å². The Balaban J connectivity index is 1.10. The quantitative estimate of drug-likeness (QED) is 0.226. The van der Waals surface area contributed by atoms with Gasteiger partial charge in [0, 0.05) is 29.7 Å². The maximum Gasteiger partial charge on any atom is 0.341 e. The molecule has 11 heteroatoms. The molecule has 5 aliphatic rings. The SMILES string of the molecule is Cc1cc(=O)c2c(O)c3c(cc2o1)OC(C)(C)C1OC(=O)C2(CCCCC31)OC2CCC1=CC(C2=CC(C(C)C)NC(N)=C2)NC(N)=C1. The molecule has 5 aliphatic heterocycles. The van der Waals surface area contributed by atoms with Crippen molar-refractivity contribution in [1.82, 2.24) is 10.6 Å². The number of esters is 1. The number of hydrogen-bond donors (Lipinski definition) is 5. The van der Waals surface area contributed by atoms with Crippen molar-refractivity contribution >= 4 is 16.9 Å². The normalized spacial score (nSPS) is 30.9. The maximum atomic E-state index is 14.0. The molecule has 7 rings (SSSR count). The zero-order chi connectivity index (χ0) is 34.1. The summed E-state index contributed by atoms with van der Waals surface area (Å²) < 4.78 is 24.7. The van der Waals surface area contributed by atoms with Gasteiger partial charge in [0.1, 0.15) is 39.9 Å². The molecule has 0 aliphatic carbocycles. The first-order valence-corrected chi connectivity index (χ1v) is 17.0. The molecule has 6 unspecified atom stereocenters. The lowest BCUT2D eigenvalue weighted by molar-refractivity contribution is -0.170. The van der Waals surface area contributed by atoms with Crippen molar-refractivity contribution in [2.24, 2.45) is 17.4 Å². The molecule has 2 saturated heterocycles. The van der Waals surface area contributed by atoms with Gasteiger partial charge in [0.05, 0.1) is 23.8 Å². The minimum absolute atomic E-state index is 0.106. The van der Waals surface area contributed by atoms with Crippen LogP contribution < -0.4 is 32.3 Å². The average Bonchev–Trinajstić information content (AvgIpc) is 3.70. The van der Waals surface area contributed by atoms with E-state index in [4.69, 9.17) is 30.1 Å². The number of ether oxygens (including phenoxy) is 3. The molecule has 1 spiro atoms. The van der Waals surface area contributed by atoms with Crippen LogP contribution >= 0.6 is 0 Å². The highest BCUT2D eigenvalue weighted by atomic mass is 16.7. The average molecular weight is 659 g/mol. The molecular formula is C37H46N4O7. The number of rotatable bonds is 5. The van der Waals surface area contributed by atoms with E-state index in [1.54, 1.807) is 13.0 Å². The summed E-state index contributed by atoms with van der Waals surface area (Å²) in [7, 11) is 0. The zero-order valence-electron chi connectivity index (χ0n) is 28.2. The monoisotopic (exact) mass is 658 g/mol. The molecular weight excluding hydrogens is 612 g/mol. The Labute approximate surface area is 280 Å². The Morgan fingerprint density at radius 2 is 1.83 bits per heavy atom. The molecule has 6 heterocycles. The fourth-order valence-corrected chi connectivity index (χ4v) is 7.96. The smallest absolute Gasteiger partial charge is 0.341 e. The predicted molar refractivity (Wildman–Crippen MR) is 181 cm³/mol. The Hall–Kier alpha value is -4.38. The number of carbonyl (C=O) groups is 1. The molecule has 0 saturated carbocycles. The van der Waals surface area contributed by atoms with Crippen LogP contribution in [0, 0.1) is 12.8 Å². The van der Waals surface area contributed by atoms with Crippen molar-refractivity contribution < 1.29 is 28.5 Å². The van der Waals surface area contributed by atoms with E-state index >= 15 is 0 Å². The number of aryl methyl sites for hydroxylation is 1. The predicted octanol–water partition coefficient (Wildman–Crippen LogP) is 4.52. The number of nitrogens with one attached hydrogen (secondary N) is 2. The van der Waals surface area contributed by atoms with Crippen molar-refractivity contribution in [2.75, 3.05) is 0 Å². The topological polar surface area (TPSA) is 175 Å². The molecule has 7 N–H and O–H groups in total. The van der Waals surface area contributed by atoms with E-state index in [-0.39, 0.29) is 46.3 Å². The van der Waals surface area contributed by atoms with Crippen LogP contribution in [0.4, 0.5) is 0 Å². The summed E-state index contributed by atoms with van der Waals surface area (Å²) in [6.07, 6.45) is 11.2. The lowest BCUT2D eigenvalue weighted by Crippen LogP contribution is -2.52. The second kappa shape index (κ2) is 11.6. The van der Waals surface area contributed by atoms with Gasteiger partial charge in [-0.2, -0.15) is 0 Å². The molecule has 11 nitrogen and oxygen atoms in total. The number of phenolic OH excluding ortho intramolecular Hbond substituents is 1. The Morgan fingerprint density at radius 1 is 1.06 bits per heavy atom. The number of phenols is 1. The molecule has 2 fully saturated rings. The fraction of sp³-hybridized carbons (Fsp3) is 0.514. The van der Waals surface area contributed by atoms with Gasteiger partial charge < -0.3 is 45.8 Å². The zero-order valence-corrected chi connectivity index (χ0v) is 28.2. The molecule has 0 bridgehead atoms. The summed E-state index contributed by atoms with van der Waals surface area (Å²) in [6, 6.07) is 3.04. The highest BCUT2D eigenvalue weighted by Crippen LogP contribution is 2.53. The van der Waals surface area contributed by atoms with Crippen molar-refractivity contribution in [3.8, 4) is 11.5 Å². The molecule has 2 aromatic rings. The molecule has 0 radical (unpaired) electrons. The second-order valence-corrected chi connectivity index (χ2v) is 14.8. The van der Waals surface area contributed by atoms with Gasteiger partial charge in [-0.15, -0.1) is 0 Å². The van der Waals surface area contributed by atoms with Gasteiger partial charge in [-0.05, 0) is 82.1 Å². The van der Waals surface area contributed by atoms with Crippen LogP contribution in [-0.2, 0) is 14.3 Å². The fourth-order valence-electron chi connectivity index (χ4n) is 7.96. The van der Waals surface area contributed by atoms with Gasteiger partial charge in [-0.1, -0.05) is 32.4 Å². The van der Waals surface area contributed by atoms with E-state index in [1.165, 1.54) is 6.07 Å². The molecule has 6 atom stereocenters. The van der Waals surface area contributed by atoms with Crippen LogP contribution in [0.3, 0.4) is 0 Å². The van der Waals surface area contributed by atoms with Crippen molar-refractivity contribution in [1.29, 1.82) is 0 Å². The summed E-state index contributed by atoms with van der Waals surface area (Å²) in [6.45, 7) is 9.75. The minimum atomic E-state index is -1.03. The van der Waals surface area contributed by atoms with Gasteiger partial charge in [0.15, 0.2) is 11.0 Å². The lowest BCUT2D eigenvalue weighted by atomic mass is 9.77. The number of epoxide rings is 1. The molecule has 0 amide bonds. The number of carbonyl (C=O) groups excluding carboxylic acids is 1. The molecule has 48 heavy (non-hydrogen) atoms. The first-order chi connectivity index (χ1) is 22.8. The van der Waals surface area contributed by atoms with Crippen molar-refractivity contribution in [2.45, 2.75) is 115 Å². The third-order valence-electron chi connectivity index (χ3n) is 10.5. The Bertz CT molecular complexity index is 1850. The van der Waals surface area contributed by atoms with E-state index in [0.29, 0.717) is 60.3 Å². The second-order valence-electron chi connectivity index (χ2n) is 14.8. The van der Waals surface area contributed by atoms with E-state index in [9.17, 15) is 14.7 Å². The van der Waals surface area contributed by atoms with Crippen molar-refractivity contribution in [3.05, 3.63) is 80.8 Å². The van der Waals surface area contributed by atoms with Crippen LogP contribution in [0.2, 0.25) is 0 Å². The summed E-state index contributed by atoms with van der Waals surface area (Å²) in [5.74, 6) is 1.49. The molecule has 1 aromatic carbocycles. The summed E-state index contributed by atoms with van der Waals surface area (Å²) in [4.78, 5) is 26.9. The number of benzene rings is 1. The van der Waals surface area contributed by atoms with Gasteiger partial charge >= 0.3 is 5.97 Å². The summed E-state index contributed by atoms with van der Waals surface area (Å²) in [5.41, 5.74) is 13.1. The summed E-state index contributed by atoms with van der Waals surface area (Å²) >= 11 is 0. The van der Waals surface area contributed by atoms with E-state index < -0.39 is 23.3 Å². The Kier molecular flexibility index (Phi) is 7.81. The highest BCUT2D eigenvalue weighted by Gasteiger charge is 2.64. The third kappa shape index (κ3) is 5.61. The van der Waals surface area contributed by atoms with Crippen molar-refractivity contribution in [3.63, 3.8) is 0 Å². The third-order valence-corrected chi connectivity index (χ3v) is 10.5. The van der Waals surface area contributed by atoms with Gasteiger partial charge in [0.25, 0.3) is 0 Å². The van der Waals surface area contributed by atoms with Gasteiger partial charge in [-0.3, -0.25) is 4.79 Å². The number of nitrogens with two attached hydrogens (primary N) is 2. The van der Waals surface area contributed by atoms with Crippen LogP contribution in [0.5, 0.6) is 11.5 Å². The summed E-state index contributed by atoms with van der Waals surface area (Å²) in [5, 5.41) is 18.2. The standard InChI is InChI=1S/C37H46N4O7/c1-18(2)23-15-21(16-30(39)40-23)24-13-20(14-29(38)41-24)9-10-28-37(48-28)11-7-6-8-22-31-27(47-36(4,5)34(22)46-35(37)44)17-26-32(33(31)43)25(42)12-19(3)45-26/h12-18,22-24,28,34,40-41,43H,6-11,38-39H2,1-5H3. The van der Waals surface area contributed by atoms with Gasteiger partial charge in [0.2, 0.25) is 0 Å². The lowest BCUT2D eigenvalue weighted by Gasteiger charge is -2.44. The van der Waals surface area contributed by atoms with E-state index in [2.05, 4.69) is 36.6 Å². The van der Waals surface area contributed by atoms with E-state index in [0.717, 1.165) is 24.0 Å². The Morgan fingerprint density at radius 3 is 2.60 bits per heavy atom. The minimum Gasteiger partial charge on any atom is -0.507 e. The maximum absolute atomic E-state index is 14.0. The molecule has 256 valence electrons.